The first-order valence-electron chi connectivity index (χ1n) is 6.85. The lowest BCUT2D eigenvalue weighted by Crippen LogP contribution is -2.48. The highest BCUT2D eigenvalue weighted by atomic mass is 32.1. The molecule has 1 amide bonds. The molecule has 1 aliphatic heterocycles. The minimum absolute atomic E-state index is 0.0667. The van der Waals surface area contributed by atoms with Gasteiger partial charge in [0, 0.05) is 49.5 Å². The van der Waals surface area contributed by atoms with Crippen LogP contribution < -0.4 is 4.90 Å². The third kappa shape index (κ3) is 3.46. The van der Waals surface area contributed by atoms with Gasteiger partial charge in [-0.3, -0.25) is 4.79 Å². The van der Waals surface area contributed by atoms with Crippen molar-refractivity contribution in [2.75, 3.05) is 31.1 Å². The van der Waals surface area contributed by atoms with Gasteiger partial charge in [-0.05, 0) is 23.6 Å². The van der Waals surface area contributed by atoms with Gasteiger partial charge in [-0.15, -0.1) is 11.3 Å². The van der Waals surface area contributed by atoms with Crippen molar-refractivity contribution in [2.45, 2.75) is 0 Å². The van der Waals surface area contributed by atoms with Crippen LogP contribution in [0.2, 0.25) is 0 Å². The van der Waals surface area contributed by atoms with E-state index in [-0.39, 0.29) is 5.91 Å². The number of nitrogens with zero attached hydrogens (tertiary/aromatic N) is 4. The zero-order valence-electron chi connectivity index (χ0n) is 11.6. The highest BCUT2D eigenvalue weighted by Crippen LogP contribution is 2.12. The van der Waals surface area contributed by atoms with Crippen LogP contribution in [0, 0.1) is 0 Å². The van der Waals surface area contributed by atoms with Gasteiger partial charge in [-0.1, -0.05) is 6.07 Å². The summed E-state index contributed by atoms with van der Waals surface area (Å²) in [7, 11) is 0. The van der Waals surface area contributed by atoms with Crippen LogP contribution in [-0.2, 0) is 4.79 Å². The maximum atomic E-state index is 12.1. The van der Waals surface area contributed by atoms with E-state index in [9.17, 15) is 4.79 Å². The molecule has 0 radical (unpaired) electrons. The summed E-state index contributed by atoms with van der Waals surface area (Å²) in [5.41, 5.74) is 0. The summed E-state index contributed by atoms with van der Waals surface area (Å²) in [6, 6.07) is 5.78. The molecular formula is C15H16N4OS. The molecule has 1 aliphatic rings. The summed E-state index contributed by atoms with van der Waals surface area (Å²) in [5, 5.41) is 2.00. The Morgan fingerprint density at radius 1 is 1.14 bits per heavy atom. The van der Waals surface area contributed by atoms with Gasteiger partial charge in [-0.25, -0.2) is 9.97 Å². The molecule has 2 aromatic rings. The van der Waals surface area contributed by atoms with Gasteiger partial charge in [0.2, 0.25) is 11.9 Å². The molecule has 3 rings (SSSR count). The standard InChI is InChI=1S/C15H16N4OS/c20-14(5-4-13-3-1-12-21-13)18-8-10-19(11-9-18)15-16-6-2-7-17-15/h1-7,12H,8-11H2/b5-4-. The molecule has 0 atom stereocenters. The Morgan fingerprint density at radius 3 is 2.57 bits per heavy atom. The minimum atomic E-state index is 0.0667. The number of rotatable bonds is 3. The van der Waals surface area contributed by atoms with Crippen molar-refractivity contribution in [3.63, 3.8) is 0 Å². The number of carbonyl (C=O) groups is 1. The van der Waals surface area contributed by atoms with Crippen LogP contribution in [0.25, 0.3) is 6.08 Å². The molecular weight excluding hydrogens is 284 g/mol. The normalized spacial score (nSPS) is 15.6. The van der Waals surface area contributed by atoms with E-state index in [0.29, 0.717) is 13.1 Å². The van der Waals surface area contributed by atoms with Gasteiger partial charge < -0.3 is 9.80 Å². The Labute approximate surface area is 127 Å². The van der Waals surface area contributed by atoms with E-state index in [1.165, 1.54) is 0 Å². The Bertz CT molecular complexity index is 604. The summed E-state index contributed by atoms with van der Waals surface area (Å²) < 4.78 is 0. The Morgan fingerprint density at radius 2 is 1.90 bits per heavy atom. The lowest BCUT2D eigenvalue weighted by Gasteiger charge is -2.34. The van der Waals surface area contributed by atoms with Gasteiger partial charge in [0.05, 0.1) is 0 Å². The van der Waals surface area contributed by atoms with Gasteiger partial charge in [0.1, 0.15) is 0 Å². The molecule has 0 N–H and O–H groups in total. The van der Waals surface area contributed by atoms with Gasteiger partial charge in [0.25, 0.3) is 0 Å². The summed E-state index contributed by atoms with van der Waals surface area (Å²) in [6.45, 7) is 2.93. The van der Waals surface area contributed by atoms with Crippen molar-refractivity contribution >= 4 is 29.3 Å². The first kappa shape index (κ1) is 13.8. The van der Waals surface area contributed by atoms with Crippen LogP contribution in [0.4, 0.5) is 5.95 Å². The van der Waals surface area contributed by atoms with E-state index >= 15 is 0 Å². The smallest absolute Gasteiger partial charge is 0.246 e. The Kier molecular flexibility index (Phi) is 4.25. The number of amides is 1. The van der Waals surface area contributed by atoms with Crippen LogP contribution >= 0.6 is 11.3 Å². The Balaban J connectivity index is 1.55. The van der Waals surface area contributed by atoms with E-state index in [0.717, 1.165) is 23.9 Å². The quantitative estimate of drug-likeness (QED) is 0.812. The first-order valence-corrected chi connectivity index (χ1v) is 7.73. The molecule has 108 valence electrons. The lowest BCUT2D eigenvalue weighted by molar-refractivity contribution is -0.126. The number of hydrogen-bond acceptors (Lipinski definition) is 5. The van der Waals surface area contributed by atoms with E-state index in [1.54, 1.807) is 35.9 Å². The van der Waals surface area contributed by atoms with Crippen molar-refractivity contribution in [1.82, 2.24) is 14.9 Å². The fourth-order valence-electron chi connectivity index (χ4n) is 2.23. The average Bonchev–Trinajstić information content (AvgIpc) is 3.07. The molecule has 2 aromatic heterocycles. The van der Waals surface area contributed by atoms with Crippen LogP contribution in [0.5, 0.6) is 0 Å². The maximum Gasteiger partial charge on any atom is 0.246 e. The summed E-state index contributed by atoms with van der Waals surface area (Å²) in [4.78, 5) is 25.7. The van der Waals surface area contributed by atoms with E-state index in [1.807, 2.05) is 28.5 Å². The number of carbonyl (C=O) groups excluding carboxylic acids is 1. The van der Waals surface area contributed by atoms with E-state index < -0.39 is 0 Å². The third-order valence-electron chi connectivity index (χ3n) is 3.36. The van der Waals surface area contributed by atoms with Crippen molar-refractivity contribution in [3.8, 4) is 0 Å². The number of anilines is 1. The average molecular weight is 300 g/mol. The van der Waals surface area contributed by atoms with E-state index in [2.05, 4.69) is 14.9 Å². The second kappa shape index (κ2) is 6.49. The largest absolute Gasteiger partial charge is 0.337 e. The highest BCUT2D eigenvalue weighted by molar-refractivity contribution is 7.10. The fourth-order valence-corrected chi connectivity index (χ4v) is 2.84. The SMILES string of the molecule is O=C(/C=C\c1cccs1)N1CCN(c2ncccn2)CC1. The number of thiophene rings is 1. The second-order valence-corrected chi connectivity index (χ2v) is 5.69. The zero-order chi connectivity index (χ0) is 14.5. The number of aromatic nitrogens is 2. The third-order valence-corrected chi connectivity index (χ3v) is 4.20. The predicted molar refractivity (Wildman–Crippen MR) is 84.2 cm³/mol. The number of hydrogen-bond donors (Lipinski definition) is 0. The molecule has 0 saturated carbocycles. The topological polar surface area (TPSA) is 49.3 Å². The van der Waals surface area contributed by atoms with Gasteiger partial charge >= 0.3 is 0 Å². The molecule has 5 nitrogen and oxygen atoms in total. The first-order chi connectivity index (χ1) is 10.3. The summed E-state index contributed by atoms with van der Waals surface area (Å²) >= 11 is 1.63. The molecule has 0 aromatic carbocycles. The maximum absolute atomic E-state index is 12.1. The molecule has 0 aliphatic carbocycles. The molecule has 0 unspecified atom stereocenters. The summed E-state index contributed by atoms with van der Waals surface area (Å²) in [5.74, 6) is 0.802. The van der Waals surface area contributed by atoms with Crippen LogP contribution in [0.3, 0.4) is 0 Å². The lowest BCUT2D eigenvalue weighted by atomic mass is 10.3. The van der Waals surface area contributed by atoms with Crippen molar-refractivity contribution in [2.24, 2.45) is 0 Å². The minimum Gasteiger partial charge on any atom is -0.337 e. The van der Waals surface area contributed by atoms with Crippen molar-refractivity contribution in [3.05, 3.63) is 46.9 Å². The predicted octanol–water partition coefficient (Wildman–Crippen LogP) is 1.90. The fraction of sp³-hybridized carbons (Fsp3) is 0.267. The van der Waals surface area contributed by atoms with Crippen LogP contribution in [0.15, 0.2) is 42.0 Å². The van der Waals surface area contributed by atoms with Gasteiger partial charge in [-0.2, -0.15) is 0 Å². The van der Waals surface area contributed by atoms with Crippen LogP contribution in [0.1, 0.15) is 4.88 Å². The molecule has 6 heteroatoms. The van der Waals surface area contributed by atoms with E-state index in [4.69, 9.17) is 0 Å². The second-order valence-electron chi connectivity index (χ2n) is 4.71. The summed E-state index contributed by atoms with van der Waals surface area (Å²) in [6.07, 6.45) is 7.01. The number of piperazine rings is 1. The van der Waals surface area contributed by atoms with Gasteiger partial charge in [0.15, 0.2) is 0 Å². The Hall–Kier alpha value is -2.21. The van der Waals surface area contributed by atoms with Crippen molar-refractivity contribution < 1.29 is 4.79 Å². The molecule has 21 heavy (non-hydrogen) atoms. The monoisotopic (exact) mass is 300 g/mol. The van der Waals surface area contributed by atoms with Crippen LogP contribution in [-0.4, -0.2) is 47.0 Å². The molecule has 0 bridgehead atoms. The zero-order valence-corrected chi connectivity index (χ0v) is 12.4. The molecule has 1 saturated heterocycles. The molecule has 1 fully saturated rings. The van der Waals surface area contributed by atoms with Crippen molar-refractivity contribution in [1.29, 1.82) is 0 Å². The molecule has 0 spiro atoms. The highest BCUT2D eigenvalue weighted by Gasteiger charge is 2.20. The molecule has 3 heterocycles.